The molecule has 1 aromatic rings. The van der Waals surface area contributed by atoms with E-state index in [9.17, 15) is 29.2 Å². The van der Waals surface area contributed by atoms with E-state index in [1.807, 2.05) is 79.7 Å². The molecule has 10 aliphatic rings. The molecule has 11 rings (SSSR count). The van der Waals surface area contributed by atoms with Crippen molar-refractivity contribution < 1.29 is 43.8 Å². The number of carboxylic acids is 1. The molecule has 0 radical (unpaired) electrons. The largest absolute Gasteiger partial charge is 0.480 e. The first-order valence-corrected chi connectivity index (χ1v) is 38.4. The van der Waals surface area contributed by atoms with Gasteiger partial charge >= 0.3 is 32.3 Å². The second kappa shape index (κ2) is 44.0. The number of hydrazine groups is 1. The van der Waals surface area contributed by atoms with E-state index in [1.54, 1.807) is 11.7 Å². The average molecular weight is 1440 g/mol. The van der Waals surface area contributed by atoms with Gasteiger partial charge in [0.15, 0.2) is 0 Å². The lowest BCUT2D eigenvalue weighted by Gasteiger charge is -2.30. The zero-order valence-corrected chi connectivity index (χ0v) is 64.3. The molecule has 30 heteroatoms. The second-order valence-corrected chi connectivity index (χ2v) is 30.5. The van der Waals surface area contributed by atoms with Crippen LogP contribution in [0.2, 0.25) is 13.6 Å². The number of nitrogens with one attached hydrogen (secondary N) is 2. The van der Waals surface area contributed by atoms with Gasteiger partial charge in [-0.3, -0.25) is 30.2 Å². The van der Waals surface area contributed by atoms with Crippen molar-refractivity contribution in [2.45, 2.75) is 173 Å². The molecule has 0 saturated carbocycles. The molecule has 10 heterocycles. The molecule has 0 bridgehead atoms. The summed E-state index contributed by atoms with van der Waals surface area (Å²) in [5.41, 5.74) is 0.494. The number of nitrogens with two attached hydrogens (primary N) is 1. The van der Waals surface area contributed by atoms with Crippen LogP contribution < -0.4 is 16.5 Å². The van der Waals surface area contributed by atoms with Crippen LogP contribution in [0.1, 0.15) is 123 Å². The Morgan fingerprint density at radius 1 is 0.505 bits per heavy atom. The quantitative estimate of drug-likeness (QED) is 0.115. The van der Waals surface area contributed by atoms with E-state index in [1.165, 1.54) is 69.5 Å². The van der Waals surface area contributed by atoms with Crippen LogP contribution in [0.3, 0.4) is 0 Å². The van der Waals surface area contributed by atoms with E-state index in [4.69, 9.17) is 57.1 Å². The van der Waals surface area contributed by atoms with Crippen molar-refractivity contribution in [2.24, 2.45) is 5.84 Å². The van der Waals surface area contributed by atoms with Crippen molar-refractivity contribution in [3.8, 4) is 0 Å². The SMILES string of the molecule is CB(O)N1CCCN(C(=O)[C@@H]2CCCN2C)CC1.CB(O)N1CCCN(C(=S)[C@@H]2CCCN2C)CC1.CC(C)(C)OC(=O)N1CCCNCC1.CN1CCCN(C(=S)[C@@H]2CCCN2)CC1.CN1CCC[C@H]1C(=S)N1CCCN(N)CC1.O=C(O)[C@@H]1CCCN1C(=O)OCc1ccccc1. The third-order valence-electron chi connectivity index (χ3n) is 20.4. The Morgan fingerprint density at radius 3 is 1.54 bits per heavy atom. The minimum absolute atomic E-state index is 0.0862. The lowest BCUT2D eigenvalue weighted by atomic mass is 9.85. The molecule has 99 heavy (non-hydrogen) atoms. The third-order valence-corrected chi connectivity index (χ3v) is 22.0. The lowest BCUT2D eigenvalue weighted by Crippen LogP contribution is -2.46. The number of carboxylic acid groups (broad SMARTS) is 1. The summed E-state index contributed by atoms with van der Waals surface area (Å²) in [6, 6.07) is 10.1. The van der Waals surface area contributed by atoms with Crippen molar-refractivity contribution in [3.63, 3.8) is 0 Å². The highest BCUT2D eigenvalue weighted by atomic mass is 32.1. The minimum Gasteiger partial charge on any atom is -0.480 e. The fraction of sp³-hybridized carbons (Fsp3) is 0.812. The van der Waals surface area contributed by atoms with Gasteiger partial charge in [-0.05, 0) is 217 Å². The number of ether oxygens (including phenoxy) is 2. The molecule has 0 aromatic heterocycles. The Morgan fingerprint density at radius 2 is 1.00 bits per heavy atom. The number of hydrogen-bond donors (Lipinski definition) is 6. The van der Waals surface area contributed by atoms with Crippen LogP contribution in [0.4, 0.5) is 9.59 Å². The molecule has 1 aromatic carbocycles. The molecule has 25 nitrogen and oxygen atoms in total. The maximum Gasteiger partial charge on any atom is 0.410 e. The number of likely N-dealkylation sites (N-methyl/N-ethyl adjacent to an activating group) is 4. The Labute approximate surface area is 611 Å². The highest BCUT2D eigenvalue weighted by molar-refractivity contribution is 7.80. The summed E-state index contributed by atoms with van der Waals surface area (Å²) in [7, 11) is 7.83. The maximum absolute atomic E-state index is 12.4. The predicted octanol–water partition coefficient (Wildman–Crippen LogP) is 4.33. The van der Waals surface area contributed by atoms with Gasteiger partial charge in [0.05, 0.1) is 39.1 Å². The van der Waals surface area contributed by atoms with E-state index in [0.717, 1.165) is 196 Å². The van der Waals surface area contributed by atoms with Crippen molar-refractivity contribution in [3.05, 3.63) is 35.9 Å². The van der Waals surface area contributed by atoms with Gasteiger partial charge in [-0.15, -0.1) is 0 Å². The fourth-order valence-electron chi connectivity index (χ4n) is 14.3. The van der Waals surface area contributed by atoms with Crippen LogP contribution in [0.5, 0.6) is 0 Å². The van der Waals surface area contributed by atoms with Gasteiger partial charge in [-0.1, -0.05) is 67.0 Å². The van der Waals surface area contributed by atoms with Gasteiger partial charge in [-0.25, -0.2) is 19.4 Å². The van der Waals surface area contributed by atoms with Gasteiger partial charge < -0.3 is 74.3 Å². The van der Waals surface area contributed by atoms with Gasteiger partial charge in [0.2, 0.25) is 5.91 Å². The van der Waals surface area contributed by atoms with E-state index in [2.05, 4.69) is 70.9 Å². The Hall–Kier alpha value is -3.98. The first kappa shape index (κ1) is 84.0. The number of amides is 3. The smallest absolute Gasteiger partial charge is 0.410 e. The number of thiocarbonyl (C=S) groups is 3. The summed E-state index contributed by atoms with van der Waals surface area (Å²) >= 11 is 16.9. The number of likely N-dealkylation sites (tertiary alicyclic amines) is 4. The number of benzene rings is 1. The summed E-state index contributed by atoms with van der Waals surface area (Å²) in [6.45, 7) is 33.5. The van der Waals surface area contributed by atoms with Crippen molar-refractivity contribution in [1.29, 1.82) is 0 Å². The van der Waals surface area contributed by atoms with Crippen LogP contribution in [0, 0.1) is 0 Å². The summed E-state index contributed by atoms with van der Waals surface area (Å²) < 4.78 is 10.4. The minimum atomic E-state index is -0.968. The molecule has 10 saturated heterocycles. The summed E-state index contributed by atoms with van der Waals surface area (Å²) in [4.78, 5) is 75.8. The Balaban J connectivity index is 0.000000188. The molecular formula is C69H126B2N16O9S3. The standard InChI is InChI=1S/C13H15NO4.C12H24BN3O2.C12H24BN3OS.C11H22N4S.C11H21N3S.C10H20N2O2/c15-12(16)11-7-4-8-14(11)13(17)18-9-10-5-2-1-3-6-10;1-13(18)16-8-4-7-15(9-10-16)12(17)11-5-3-6-14(11)2;1-13(17)16-8-4-7-15(9-10-16)12(18)11-5-3-6-14(11)2;1-13-5-2-4-10(13)11(16)14-6-3-7-15(12)9-8-14;1-13-6-3-7-14(9-8-13)11(15)10-4-2-5-12-10;1-10(2,3)14-9(13)12-7-4-5-11-6-8-12/h1-3,5-6,11H,4,7-9H2,(H,15,16);11,18H,3-10H2,1-2H3;11,17H,3-10H2,1-2H3;10H,2-9,12H2,1H3;10,12H,2-9H2,1H3;11H,4-8H2,1-3H3/t3*11-;2*10-;/m00000./s1. The van der Waals surface area contributed by atoms with Crippen molar-refractivity contribution in [1.82, 2.24) is 74.3 Å². The Bertz CT molecular complexity index is 2540. The number of rotatable bonds is 9. The highest BCUT2D eigenvalue weighted by Gasteiger charge is 2.37. The van der Waals surface area contributed by atoms with Gasteiger partial charge in [0.1, 0.15) is 18.2 Å². The van der Waals surface area contributed by atoms with Gasteiger partial charge in [0.25, 0.3) is 0 Å². The summed E-state index contributed by atoms with van der Waals surface area (Å²) in [5.74, 6) is 5.14. The summed E-state index contributed by atoms with van der Waals surface area (Å²) in [6.07, 6.45) is 15.4. The molecule has 5 atom stereocenters. The number of carbonyl (C=O) groups excluding carboxylic acids is 3. The van der Waals surface area contributed by atoms with E-state index < -0.39 is 30.8 Å². The Kier molecular flexibility index (Phi) is 37.3. The zero-order valence-electron chi connectivity index (χ0n) is 61.8. The van der Waals surface area contributed by atoms with Crippen LogP contribution in [-0.2, 0) is 25.7 Å². The van der Waals surface area contributed by atoms with Gasteiger partial charge in [0, 0.05) is 111 Å². The van der Waals surface area contributed by atoms with Gasteiger partial charge in [-0.2, -0.15) is 0 Å². The predicted molar refractivity (Wildman–Crippen MR) is 409 cm³/mol. The lowest BCUT2D eigenvalue weighted by molar-refractivity contribution is -0.141. The normalized spacial score (nSPS) is 25.2. The molecule has 7 N–H and O–H groups in total. The summed E-state index contributed by atoms with van der Waals surface area (Å²) in [5, 5.41) is 36.8. The molecular weight excluding hydrogens is 1310 g/mol. The monoisotopic (exact) mass is 1440 g/mol. The van der Waals surface area contributed by atoms with Crippen LogP contribution in [0.25, 0.3) is 0 Å². The fourth-order valence-corrected chi connectivity index (χ4v) is 15.6. The third kappa shape index (κ3) is 28.9. The molecule has 0 unspecified atom stereocenters. The molecule has 0 spiro atoms. The number of aliphatic carboxylic acids is 1. The second-order valence-electron chi connectivity index (χ2n) is 29.3. The number of nitrogens with zero attached hydrogens (tertiary/aromatic N) is 13. The van der Waals surface area contributed by atoms with Crippen molar-refractivity contribution >= 4 is 89.8 Å². The first-order valence-electron chi connectivity index (χ1n) is 37.2. The molecule has 0 aliphatic carbocycles. The maximum atomic E-state index is 12.4. The number of hydrogen-bond acceptors (Lipinski definition) is 21. The van der Waals surface area contributed by atoms with E-state index in [-0.39, 0.29) is 31.7 Å². The van der Waals surface area contributed by atoms with Crippen LogP contribution in [0.15, 0.2) is 30.3 Å². The first-order chi connectivity index (χ1) is 47.3. The molecule has 10 aliphatic heterocycles. The highest BCUT2D eigenvalue weighted by Crippen LogP contribution is 2.24. The number of carbonyl (C=O) groups is 4. The zero-order chi connectivity index (χ0) is 72.0. The van der Waals surface area contributed by atoms with E-state index in [0.29, 0.717) is 37.5 Å². The van der Waals surface area contributed by atoms with Crippen LogP contribution in [-0.4, -0.2) is 360 Å². The molecule has 10 fully saturated rings. The topological polar surface area (TPSA) is 240 Å². The van der Waals surface area contributed by atoms with Crippen molar-refractivity contribution in [2.75, 3.05) is 192 Å². The molecule has 3 amide bonds. The van der Waals surface area contributed by atoms with Crippen LogP contribution >= 0.6 is 36.7 Å². The van der Waals surface area contributed by atoms with E-state index >= 15 is 0 Å². The molecule has 560 valence electrons. The average Bonchev–Trinajstić information content (AvgIpc) is 1.86.